The Kier molecular flexibility index (Phi) is 6.50. The number of carbonyl (C=O) groups excluding carboxylic acids is 2. The molecule has 1 unspecified atom stereocenters. The smallest absolute Gasteiger partial charge is 0.483 e. The van der Waals surface area contributed by atoms with Gasteiger partial charge in [0, 0.05) is 23.5 Å². The fourth-order valence-corrected chi connectivity index (χ4v) is 4.32. The Balaban J connectivity index is 1.67. The average molecular weight is 521 g/mol. The zero-order valence-corrected chi connectivity index (χ0v) is 20.9. The van der Waals surface area contributed by atoms with Gasteiger partial charge >= 0.3 is 6.16 Å². The molecule has 196 valence electrons. The van der Waals surface area contributed by atoms with Gasteiger partial charge < -0.3 is 30.0 Å². The number of halogens is 1. The highest BCUT2D eigenvalue weighted by atomic mass is 19.1. The molecule has 0 bridgehead atoms. The molecule has 3 heterocycles. The number of hydrogen-bond donors (Lipinski definition) is 2. The fraction of sp³-hybridized carbons (Fsp3) is 0.222. The van der Waals surface area contributed by atoms with Gasteiger partial charge in [0.15, 0.2) is 13.2 Å². The number of aryl methyl sites for hydroxylation is 3. The lowest BCUT2D eigenvalue weighted by Gasteiger charge is -2.18. The molecule has 5 rings (SSSR count). The van der Waals surface area contributed by atoms with Crippen LogP contribution in [0.25, 0.3) is 16.9 Å². The highest BCUT2D eigenvalue weighted by Gasteiger charge is 2.28. The van der Waals surface area contributed by atoms with Crippen LogP contribution in [0.1, 0.15) is 16.7 Å². The second-order valence-electron chi connectivity index (χ2n) is 8.87. The summed E-state index contributed by atoms with van der Waals surface area (Å²) in [6.45, 7) is 5.27. The van der Waals surface area contributed by atoms with Gasteiger partial charge in [-0.25, -0.2) is 14.2 Å². The molecule has 1 saturated heterocycles. The Hall–Kier alpha value is -4.80. The minimum atomic E-state index is -0.934. The molecular formula is C27H25FN4O6. The molecular weight excluding hydrogens is 495 g/mol. The van der Waals surface area contributed by atoms with Crippen LogP contribution in [0.5, 0.6) is 11.5 Å². The molecule has 0 saturated carbocycles. The van der Waals surface area contributed by atoms with Crippen molar-refractivity contribution >= 4 is 29.2 Å². The van der Waals surface area contributed by atoms with Crippen molar-refractivity contribution in [3.8, 4) is 22.8 Å². The molecule has 38 heavy (non-hydrogen) atoms. The summed E-state index contributed by atoms with van der Waals surface area (Å²) in [6, 6.07) is 12.1. The van der Waals surface area contributed by atoms with Gasteiger partial charge in [0.2, 0.25) is 0 Å². The van der Waals surface area contributed by atoms with Crippen LogP contribution < -0.4 is 20.5 Å². The molecule has 0 aliphatic carbocycles. The van der Waals surface area contributed by atoms with Gasteiger partial charge in [0.1, 0.15) is 34.5 Å². The zero-order valence-electron chi connectivity index (χ0n) is 20.9. The van der Waals surface area contributed by atoms with E-state index >= 15 is 0 Å². The first-order chi connectivity index (χ1) is 18.2. The molecule has 0 radical (unpaired) electrons. The molecule has 2 aromatic heterocycles. The van der Waals surface area contributed by atoms with E-state index in [0.29, 0.717) is 34.0 Å². The van der Waals surface area contributed by atoms with E-state index in [1.165, 1.54) is 12.3 Å². The minimum absolute atomic E-state index is 0.0705. The molecule has 11 heteroatoms. The number of pyridine rings is 1. The van der Waals surface area contributed by atoms with Gasteiger partial charge in [0.25, 0.3) is 12.2 Å². The number of carbonyl (C=O) groups is 2. The molecule has 1 aliphatic heterocycles. The van der Waals surface area contributed by atoms with Gasteiger partial charge in [-0.05, 0) is 55.7 Å². The molecule has 1 fully saturated rings. The summed E-state index contributed by atoms with van der Waals surface area (Å²) in [6.07, 6.45) is -0.420. The van der Waals surface area contributed by atoms with Crippen LogP contribution in [-0.2, 0) is 14.3 Å². The molecule has 1 aliphatic rings. The first-order valence-electron chi connectivity index (χ1n) is 11.8. The topological polar surface area (TPSA) is 126 Å². The number of hydrogen-bond acceptors (Lipinski definition) is 8. The molecule has 0 spiro atoms. The second-order valence-corrected chi connectivity index (χ2v) is 8.87. The molecule has 3 N–H and O–H groups in total. The predicted octanol–water partition coefficient (Wildman–Crippen LogP) is 4.55. The summed E-state index contributed by atoms with van der Waals surface area (Å²) in [5, 5.41) is 3.44. The van der Waals surface area contributed by atoms with Crippen molar-refractivity contribution < 1.29 is 32.9 Å². The SMILES string of the molecule is Cc1cccc(C)c1Nc1c(-c2c(C)cc(OC3COC(=O)O3)cc2OCC(N)=O)nc2ccc(F)cn12. The van der Waals surface area contributed by atoms with Crippen LogP contribution in [-0.4, -0.2) is 41.0 Å². The maximum Gasteiger partial charge on any atom is 0.511 e. The summed E-state index contributed by atoms with van der Waals surface area (Å²) < 4.78 is 37.2. The second kappa shape index (κ2) is 9.92. The molecule has 1 atom stereocenters. The number of amides is 1. The van der Waals surface area contributed by atoms with Crippen LogP contribution in [0.3, 0.4) is 0 Å². The lowest BCUT2D eigenvalue weighted by molar-refractivity contribution is -0.119. The van der Waals surface area contributed by atoms with Gasteiger partial charge in [-0.3, -0.25) is 9.20 Å². The monoisotopic (exact) mass is 520 g/mol. The summed E-state index contributed by atoms with van der Waals surface area (Å²) in [7, 11) is 0. The predicted molar refractivity (Wildman–Crippen MR) is 136 cm³/mol. The maximum atomic E-state index is 14.4. The van der Waals surface area contributed by atoms with Crippen LogP contribution in [0.2, 0.25) is 0 Å². The summed E-state index contributed by atoms with van der Waals surface area (Å²) in [5.74, 6) is -0.0599. The minimum Gasteiger partial charge on any atom is -0.483 e. The zero-order chi connectivity index (χ0) is 27.0. The first-order valence-corrected chi connectivity index (χ1v) is 11.8. The maximum absolute atomic E-state index is 14.4. The number of nitrogens with zero attached hydrogens (tertiary/aromatic N) is 2. The number of benzene rings is 2. The summed E-state index contributed by atoms with van der Waals surface area (Å²) in [4.78, 5) is 27.7. The van der Waals surface area contributed by atoms with Gasteiger partial charge in [-0.15, -0.1) is 0 Å². The number of para-hydroxylation sites is 1. The summed E-state index contributed by atoms with van der Waals surface area (Å²) in [5.41, 5.74) is 10.3. The van der Waals surface area contributed by atoms with E-state index in [0.717, 1.165) is 16.8 Å². The molecule has 10 nitrogen and oxygen atoms in total. The number of ether oxygens (including phenoxy) is 4. The lowest BCUT2D eigenvalue weighted by Crippen LogP contribution is -2.21. The van der Waals surface area contributed by atoms with Gasteiger partial charge in [-0.2, -0.15) is 0 Å². The lowest BCUT2D eigenvalue weighted by atomic mass is 10.0. The van der Waals surface area contributed by atoms with Gasteiger partial charge in [0.05, 0.1) is 0 Å². The Bertz CT molecular complexity index is 1550. The Morgan fingerprint density at radius 3 is 2.63 bits per heavy atom. The van der Waals surface area contributed by atoms with E-state index < -0.39 is 30.8 Å². The molecule has 2 aromatic carbocycles. The summed E-state index contributed by atoms with van der Waals surface area (Å²) >= 11 is 0. The third-order valence-electron chi connectivity index (χ3n) is 6.02. The van der Waals surface area contributed by atoms with Crippen molar-refractivity contribution in [3.05, 3.63) is 71.2 Å². The standard InChI is InChI=1S/C27H25FN4O6/c1-14-5-4-6-15(2)24(14)31-26-25(30-21-8-7-17(28)11-32(21)26)23-16(3)9-18(10-19(23)35-12-20(29)33)37-22-13-36-27(34)38-22/h4-11,22,31H,12-13H2,1-3H3,(H2,29,33). The van der Waals surface area contributed by atoms with E-state index in [-0.39, 0.29) is 12.4 Å². The highest BCUT2D eigenvalue weighted by molar-refractivity contribution is 5.86. The van der Waals surface area contributed by atoms with Crippen molar-refractivity contribution in [2.75, 3.05) is 18.5 Å². The first kappa shape index (κ1) is 24.9. The number of fused-ring (bicyclic) bond motifs is 1. The van der Waals surface area contributed by atoms with E-state index in [1.54, 1.807) is 22.6 Å². The number of cyclic esters (lactones) is 2. The van der Waals surface area contributed by atoms with Crippen molar-refractivity contribution in [3.63, 3.8) is 0 Å². The normalized spacial score (nSPS) is 14.7. The number of anilines is 2. The highest BCUT2D eigenvalue weighted by Crippen LogP contribution is 2.42. The number of aromatic nitrogens is 2. The van der Waals surface area contributed by atoms with E-state index in [9.17, 15) is 14.0 Å². The number of nitrogens with one attached hydrogen (secondary N) is 1. The third-order valence-corrected chi connectivity index (χ3v) is 6.02. The van der Waals surface area contributed by atoms with Crippen molar-refractivity contribution in [1.29, 1.82) is 0 Å². The fourth-order valence-electron chi connectivity index (χ4n) is 4.32. The number of rotatable bonds is 8. The Morgan fingerprint density at radius 1 is 1.18 bits per heavy atom. The Labute approximate surface area is 217 Å². The number of nitrogens with two attached hydrogens (primary N) is 1. The number of imidazole rings is 1. The van der Waals surface area contributed by atoms with Crippen LogP contribution in [0, 0.1) is 26.6 Å². The molecule has 4 aromatic rings. The third kappa shape index (κ3) is 4.90. The van der Waals surface area contributed by atoms with E-state index in [1.807, 2.05) is 39.0 Å². The van der Waals surface area contributed by atoms with Crippen molar-refractivity contribution in [1.82, 2.24) is 9.38 Å². The van der Waals surface area contributed by atoms with E-state index in [4.69, 9.17) is 29.7 Å². The Morgan fingerprint density at radius 2 is 1.95 bits per heavy atom. The van der Waals surface area contributed by atoms with Crippen molar-refractivity contribution in [2.45, 2.75) is 27.1 Å². The van der Waals surface area contributed by atoms with Gasteiger partial charge in [-0.1, -0.05) is 18.2 Å². The van der Waals surface area contributed by atoms with E-state index in [2.05, 4.69) is 5.32 Å². The van der Waals surface area contributed by atoms with Crippen LogP contribution in [0.15, 0.2) is 48.7 Å². The number of primary amides is 1. The largest absolute Gasteiger partial charge is 0.511 e. The quantitative estimate of drug-likeness (QED) is 0.324. The van der Waals surface area contributed by atoms with Crippen LogP contribution in [0.4, 0.5) is 20.7 Å². The van der Waals surface area contributed by atoms with Crippen LogP contribution >= 0.6 is 0 Å². The molecule has 1 amide bonds. The van der Waals surface area contributed by atoms with Crippen molar-refractivity contribution in [2.24, 2.45) is 5.73 Å². The average Bonchev–Trinajstić information content (AvgIpc) is 3.42.